The first-order valence-corrected chi connectivity index (χ1v) is 4.94. The molecule has 1 fully saturated rings. The molecular weight excluding hydrogens is 216 g/mol. The topological polar surface area (TPSA) is 85.2 Å². The zero-order chi connectivity index (χ0) is 11.0. The van der Waals surface area contributed by atoms with Crippen LogP contribution in [0.15, 0.2) is 12.4 Å². The fraction of sp³-hybridized carbons (Fsp3) is 0.333. The summed E-state index contributed by atoms with van der Waals surface area (Å²) in [5, 5.41) is 0.445. The molecule has 1 amide bonds. The van der Waals surface area contributed by atoms with Crippen LogP contribution in [0.3, 0.4) is 0 Å². The van der Waals surface area contributed by atoms with Gasteiger partial charge in [0, 0.05) is 12.7 Å². The van der Waals surface area contributed by atoms with Crippen molar-refractivity contribution >= 4 is 28.9 Å². The number of hydrogen-bond donors (Lipinski definition) is 2. The molecule has 1 saturated heterocycles. The highest BCUT2D eigenvalue weighted by molar-refractivity contribution is 6.33. The number of halogens is 1. The Morgan fingerprint density at radius 1 is 1.60 bits per heavy atom. The zero-order valence-corrected chi connectivity index (χ0v) is 8.74. The second kappa shape index (κ2) is 3.58. The van der Waals surface area contributed by atoms with Crippen molar-refractivity contribution in [1.29, 1.82) is 0 Å². The van der Waals surface area contributed by atoms with Crippen molar-refractivity contribution in [3.8, 4) is 0 Å². The maximum Gasteiger partial charge on any atom is 0.240 e. The van der Waals surface area contributed by atoms with Gasteiger partial charge >= 0.3 is 0 Å². The molecule has 80 valence electrons. The van der Waals surface area contributed by atoms with Crippen molar-refractivity contribution in [2.75, 3.05) is 17.2 Å². The smallest absolute Gasteiger partial charge is 0.240 e. The van der Waals surface area contributed by atoms with E-state index in [4.69, 9.17) is 23.1 Å². The van der Waals surface area contributed by atoms with Crippen molar-refractivity contribution in [1.82, 2.24) is 4.98 Å². The van der Waals surface area contributed by atoms with Gasteiger partial charge in [0.25, 0.3) is 0 Å². The van der Waals surface area contributed by atoms with Gasteiger partial charge in [-0.1, -0.05) is 11.6 Å². The van der Waals surface area contributed by atoms with Crippen LogP contribution in [0.1, 0.15) is 6.42 Å². The Labute approximate surface area is 92.0 Å². The van der Waals surface area contributed by atoms with Crippen LogP contribution in [0.25, 0.3) is 0 Å². The fourth-order valence-corrected chi connectivity index (χ4v) is 1.97. The van der Waals surface area contributed by atoms with E-state index in [-0.39, 0.29) is 11.9 Å². The van der Waals surface area contributed by atoms with Crippen LogP contribution < -0.4 is 16.4 Å². The lowest BCUT2D eigenvalue weighted by molar-refractivity contribution is -0.120. The lowest BCUT2D eigenvalue weighted by Gasteiger charge is -2.41. The second-order valence-electron chi connectivity index (χ2n) is 3.46. The molecule has 0 radical (unpaired) electrons. The van der Waals surface area contributed by atoms with Crippen LogP contribution >= 0.6 is 11.6 Å². The number of carbonyl (C=O) groups is 1. The highest BCUT2D eigenvalue weighted by atomic mass is 35.5. The number of anilines is 2. The number of hydrogen-bond acceptors (Lipinski definition) is 4. The summed E-state index contributed by atoms with van der Waals surface area (Å²) in [7, 11) is 0. The Bertz CT molecular complexity index is 389. The molecule has 0 bridgehead atoms. The lowest BCUT2D eigenvalue weighted by Crippen LogP contribution is -2.55. The summed E-state index contributed by atoms with van der Waals surface area (Å²) in [5.41, 5.74) is 12.1. The van der Waals surface area contributed by atoms with Gasteiger partial charge in [-0.05, 0) is 6.42 Å². The van der Waals surface area contributed by atoms with E-state index in [2.05, 4.69) is 4.98 Å². The molecule has 1 atom stereocenters. The van der Waals surface area contributed by atoms with Gasteiger partial charge in [-0.25, -0.2) is 0 Å². The van der Waals surface area contributed by atoms with E-state index in [1.165, 1.54) is 12.4 Å². The van der Waals surface area contributed by atoms with Crippen LogP contribution in [0.2, 0.25) is 5.02 Å². The SMILES string of the molecule is NC(=O)C1CCN1c1c(N)cncc1Cl. The largest absolute Gasteiger partial charge is 0.396 e. The number of aromatic nitrogens is 1. The summed E-state index contributed by atoms with van der Waals surface area (Å²) in [5.74, 6) is -0.353. The molecule has 0 aliphatic carbocycles. The molecule has 2 rings (SSSR count). The third kappa shape index (κ3) is 1.59. The zero-order valence-electron chi connectivity index (χ0n) is 7.98. The first kappa shape index (κ1) is 10.0. The van der Waals surface area contributed by atoms with Gasteiger partial charge in [0.05, 0.1) is 22.6 Å². The summed E-state index contributed by atoms with van der Waals surface area (Å²) in [4.78, 5) is 16.7. The second-order valence-corrected chi connectivity index (χ2v) is 3.87. The van der Waals surface area contributed by atoms with Crippen molar-refractivity contribution < 1.29 is 4.79 Å². The van der Waals surface area contributed by atoms with Crippen molar-refractivity contribution in [2.24, 2.45) is 5.73 Å². The molecule has 1 unspecified atom stereocenters. The van der Waals surface area contributed by atoms with Crippen LogP contribution in [0.4, 0.5) is 11.4 Å². The summed E-state index contributed by atoms with van der Waals surface area (Å²) in [6.45, 7) is 0.738. The average molecular weight is 227 g/mol. The number of nitrogens with zero attached hydrogens (tertiary/aromatic N) is 2. The molecule has 15 heavy (non-hydrogen) atoms. The number of nitrogens with two attached hydrogens (primary N) is 2. The number of primary amides is 1. The van der Waals surface area contributed by atoms with E-state index in [1.807, 2.05) is 4.90 Å². The summed E-state index contributed by atoms with van der Waals surface area (Å²) in [6, 6.07) is -0.299. The summed E-state index contributed by atoms with van der Waals surface area (Å²) < 4.78 is 0. The van der Waals surface area contributed by atoms with Crippen molar-refractivity contribution in [3.05, 3.63) is 17.4 Å². The Kier molecular flexibility index (Phi) is 2.40. The minimum Gasteiger partial charge on any atom is -0.396 e. The first-order chi connectivity index (χ1) is 7.11. The Balaban J connectivity index is 2.34. The number of nitrogen functional groups attached to an aromatic ring is 1. The molecule has 1 aliphatic rings. The molecule has 6 heteroatoms. The summed E-state index contributed by atoms with van der Waals surface area (Å²) in [6.07, 6.45) is 3.76. The minimum atomic E-state index is -0.353. The van der Waals surface area contributed by atoms with Crippen LogP contribution in [0, 0.1) is 0 Å². The quantitative estimate of drug-likeness (QED) is 0.764. The predicted molar refractivity (Wildman–Crippen MR) is 58.6 cm³/mol. The monoisotopic (exact) mass is 226 g/mol. The highest BCUT2D eigenvalue weighted by Crippen LogP contribution is 2.36. The fourth-order valence-electron chi connectivity index (χ4n) is 1.70. The van der Waals surface area contributed by atoms with E-state index in [9.17, 15) is 4.79 Å². The molecular formula is C9H11ClN4O. The van der Waals surface area contributed by atoms with Crippen molar-refractivity contribution in [3.63, 3.8) is 0 Å². The standard InChI is InChI=1S/C9H11ClN4O/c10-5-3-13-4-6(11)8(5)14-2-1-7(14)9(12)15/h3-4,7H,1-2,11H2,(H2,12,15). The maximum absolute atomic E-state index is 11.1. The van der Waals surface area contributed by atoms with E-state index in [1.54, 1.807) is 0 Å². The molecule has 1 aliphatic heterocycles. The molecule has 5 nitrogen and oxygen atoms in total. The van der Waals surface area contributed by atoms with E-state index < -0.39 is 0 Å². The van der Waals surface area contributed by atoms with E-state index in [0.29, 0.717) is 16.4 Å². The van der Waals surface area contributed by atoms with E-state index in [0.717, 1.165) is 13.0 Å². The Morgan fingerprint density at radius 3 is 2.80 bits per heavy atom. The lowest BCUT2D eigenvalue weighted by atomic mass is 10.0. The normalized spacial score (nSPS) is 19.8. The van der Waals surface area contributed by atoms with Gasteiger partial charge in [0.2, 0.25) is 5.91 Å². The Morgan fingerprint density at radius 2 is 2.33 bits per heavy atom. The number of rotatable bonds is 2. The van der Waals surface area contributed by atoms with Crippen LogP contribution in [0.5, 0.6) is 0 Å². The molecule has 0 aromatic carbocycles. The maximum atomic E-state index is 11.1. The van der Waals surface area contributed by atoms with Crippen LogP contribution in [-0.4, -0.2) is 23.5 Å². The first-order valence-electron chi connectivity index (χ1n) is 4.56. The van der Waals surface area contributed by atoms with Gasteiger partial charge in [0.15, 0.2) is 0 Å². The van der Waals surface area contributed by atoms with Gasteiger partial charge < -0.3 is 16.4 Å². The third-order valence-electron chi connectivity index (χ3n) is 2.54. The molecule has 1 aromatic heterocycles. The molecule has 4 N–H and O–H groups in total. The van der Waals surface area contributed by atoms with E-state index >= 15 is 0 Å². The average Bonchev–Trinajstić information content (AvgIpc) is 2.08. The van der Waals surface area contributed by atoms with Crippen LogP contribution in [-0.2, 0) is 4.79 Å². The van der Waals surface area contributed by atoms with Gasteiger partial charge in [0.1, 0.15) is 6.04 Å². The number of pyridine rings is 1. The van der Waals surface area contributed by atoms with Gasteiger partial charge in [-0.2, -0.15) is 0 Å². The predicted octanol–water partition coefficient (Wildman–Crippen LogP) is 0.381. The highest BCUT2D eigenvalue weighted by Gasteiger charge is 2.34. The minimum absolute atomic E-state index is 0.299. The number of amides is 1. The molecule has 0 spiro atoms. The van der Waals surface area contributed by atoms with Gasteiger partial charge in [-0.3, -0.25) is 9.78 Å². The molecule has 2 heterocycles. The Hall–Kier alpha value is -1.49. The third-order valence-corrected chi connectivity index (χ3v) is 2.81. The van der Waals surface area contributed by atoms with Gasteiger partial charge in [-0.15, -0.1) is 0 Å². The molecule has 0 saturated carbocycles. The number of carbonyl (C=O) groups excluding carboxylic acids is 1. The summed E-state index contributed by atoms with van der Waals surface area (Å²) >= 11 is 5.97. The molecule has 1 aromatic rings. The van der Waals surface area contributed by atoms with Crippen molar-refractivity contribution in [2.45, 2.75) is 12.5 Å².